The molecule has 2 aliphatic rings. The number of alkyl halides is 1. The van der Waals surface area contributed by atoms with E-state index in [0.29, 0.717) is 12.8 Å². The summed E-state index contributed by atoms with van der Waals surface area (Å²) in [6, 6.07) is 0. The summed E-state index contributed by atoms with van der Waals surface area (Å²) in [6.07, 6.45) is 7.56. The quantitative estimate of drug-likeness (QED) is 0.348. The Hall–Kier alpha value is -1.29. The van der Waals surface area contributed by atoms with Crippen LogP contribution in [0.3, 0.4) is 0 Å². The number of halogens is 1. The van der Waals surface area contributed by atoms with Gasteiger partial charge in [-0.2, -0.15) is 0 Å². The Labute approximate surface area is 130 Å². The molecule has 1 fully saturated rings. The van der Waals surface area contributed by atoms with Gasteiger partial charge >= 0.3 is 11.9 Å². The maximum atomic E-state index is 12.4. The fourth-order valence-corrected chi connectivity index (χ4v) is 4.05. The van der Waals surface area contributed by atoms with E-state index in [9.17, 15) is 9.59 Å². The molecule has 0 heterocycles. The molecule has 0 radical (unpaired) electrons. The minimum Gasteiger partial charge on any atom is -0.468 e. The van der Waals surface area contributed by atoms with Crippen LogP contribution in [0.25, 0.3) is 0 Å². The van der Waals surface area contributed by atoms with Crippen LogP contribution in [-0.4, -0.2) is 31.5 Å². The van der Waals surface area contributed by atoms with Gasteiger partial charge in [-0.1, -0.05) is 18.2 Å². The second-order valence-corrected chi connectivity index (χ2v) is 6.28. The van der Waals surface area contributed by atoms with Crippen molar-refractivity contribution in [1.29, 1.82) is 0 Å². The molecule has 0 aromatic carbocycles. The standard InChI is InChI=1S/C16H21ClO4/c1-4-10-9-16(14(18)20-2,15(19)21-3)13-8-6-11(17)5-7-12(10)13/h4-5,7,10-13H,1,6,8-9H2,2-3H3/t10-,11+,12+,13+/m0/s1. The number of allylic oxidation sites excluding steroid dienone is 3. The van der Waals surface area contributed by atoms with Crippen molar-refractivity contribution in [3.63, 3.8) is 0 Å². The average Bonchev–Trinajstić information content (AvgIpc) is 2.70. The van der Waals surface area contributed by atoms with E-state index in [0.717, 1.165) is 6.42 Å². The summed E-state index contributed by atoms with van der Waals surface area (Å²) in [5, 5.41) is -0.0749. The summed E-state index contributed by atoms with van der Waals surface area (Å²) in [6.45, 7) is 3.85. The van der Waals surface area contributed by atoms with Crippen LogP contribution in [0, 0.1) is 23.2 Å². The summed E-state index contributed by atoms with van der Waals surface area (Å²) in [5.74, 6) is -1.11. The van der Waals surface area contributed by atoms with Gasteiger partial charge in [0.15, 0.2) is 5.41 Å². The van der Waals surface area contributed by atoms with Gasteiger partial charge in [-0.3, -0.25) is 9.59 Å². The second-order valence-electron chi connectivity index (χ2n) is 5.72. The summed E-state index contributed by atoms with van der Waals surface area (Å²) in [5.41, 5.74) is -1.25. The first-order valence-corrected chi connectivity index (χ1v) is 7.56. The Bertz CT molecular complexity index is 455. The number of carbonyl (C=O) groups excluding carboxylic acids is 2. The predicted octanol–water partition coefficient (Wildman–Crippen LogP) is 2.71. The highest BCUT2D eigenvalue weighted by Crippen LogP contribution is 2.55. The molecule has 0 N–H and O–H groups in total. The molecule has 1 saturated carbocycles. The van der Waals surface area contributed by atoms with Gasteiger partial charge in [-0.05, 0) is 37.0 Å². The normalized spacial score (nSPS) is 33.7. The lowest BCUT2D eigenvalue weighted by Gasteiger charge is -2.31. The fraction of sp³-hybridized carbons (Fsp3) is 0.625. The maximum absolute atomic E-state index is 12.4. The Balaban J connectivity index is 2.50. The molecule has 0 aromatic heterocycles. The zero-order valence-electron chi connectivity index (χ0n) is 12.4. The maximum Gasteiger partial charge on any atom is 0.323 e. The number of carbonyl (C=O) groups is 2. The smallest absolute Gasteiger partial charge is 0.323 e. The molecule has 116 valence electrons. The highest BCUT2D eigenvalue weighted by Gasteiger charge is 2.62. The van der Waals surface area contributed by atoms with Crippen LogP contribution in [0.4, 0.5) is 0 Å². The summed E-state index contributed by atoms with van der Waals surface area (Å²) in [4.78, 5) is 24.9. The Morgan fingerprint density at radius 1 is 1.24 bits per heavy atom. The van der Waals surface area contributed by atoms with Crippen molar-refractivity contribution in [3.05, 3.63) is 24.8 Å². The Morgan fingerprint density at radius 3 is 2.38 bits per heavy atom. The molecule has 0 unspecified atom stereocenters. The van der Waals surface area contributed by atoms with Crippen molar-refractivity contribution in [3.8, 4) is 0 Å². The van der Waals surface area contributed by atoms with Crippen LogP contribution in [0.2, 0.25) is 0 Å². The number of hydrogen-bond acceptors (Lipinski definition) is 4. The number of fused-ring (bicyclic) bond motifs is 1. The van der Waals surface area contributed by atoms with E-state index < -0.39 is 17.4 Å². The van der Waals surface area contributed by atoms with E-state index in [-0.39, 0.29) is 23.1 Å². The van der Waals surface area contributed by atoms with E-state index >= 15 is 0 Å². The number of methoxy groups -OCH3 is 2. The van der Waals surface area contributed by atoms with Crippen LogP contribution in [0.1, 0.15) is 19.3 Å². The number of hydrogen-bond donors (Lipinski definition) is 0. The summed E-state index contributed by atoms with van der Waals surface area (Å²) >= 11 is 6.20. The topological polar surface area (TPSA) is 52.6 Å². The number of ether oxygens (including phenoxy) is 2. The van der Waals surface area contributed by atoms with Crippen molar-refractivity contribution in [2.24, 2.45) is 23.2 Å². The highest BCUT2D eigenvalue weighted by atomic mass is 35.5. The lowest BCUT2D eigenvalue weighted by molar-refractivity contribution is -0.173. The zero-order valence-corrected chi connectivity index (χ0v) is 13.1. The average molecular weight is 313 g/mol. The zero-order chi connectivity index (χ0) is 15.6. The Morgan fingerprint density at radius 2 is 1.86 bits per heavy atom. The van der Waals surface area contributed by atoms with E-state index in [2.05, 4.69) is 6.58 Å². The minimum atomic E-state index is -1.25. The highest BCUT2D eigenvalue weighted by molar-refractivity contribution is 6.21. The third-order valence-electron chi connectivity index (χ3n) is 4.85. The van der Waals surface area contributed by atoms with E-state index in [1.165, 1.54) is 14.2 Å². The van der Waals surface area contributed by atoms with Gasteiger partial charge in [0.05, 0.1) is 19.6 Å². The molecule has 4 atom stereocenters. The SMILES string of the molecule is C=C[C@H]1CC(C(=O)OC)(C(=O)OC)[C@@H]2CC[C@H](Cl)C=C[C@@H]21. The van der Waals surface area contributed by atoms with Crippen molar-refractivity contribution in [2.75, 3.05) is 14.2 Å². The van der Waals surface area contributed by atoms with Gasteiger partial charge < -0.3 is 9.47 Å². The molecule has 0 spiro atoms. The van der Waals surface area contributed by atoms with Crippen molar-refractivity contribution in [2.45, 2.75) is 24.6 Å². The lowest BCUT2D eigenvalue weighted by Crippen LogP contribution is -2.45. The number of rotatable bonds is 3. The largest absolute Gasteiger partial charge is 0.468 e. The molecule has 0 amide bonds. The third kappa shape index (κ3) is 2.50. The van der Waals surface area contributed by atoms with E-state index in [1.807, 2.05) is 18.2 Å². The first-order valence-electron chi connectivity index (χ1n) is 7.13. The molecule has 0 aromatic rings. The van der Waals surface area contributed by atoms with Crippen LogP contribution in [-0.2, 0) is 19.1 Å². The number of esters is 2. The molecular formula is C16H21ClO4. The first-order chi connectivity index (χ1) is 10.0. The second kappa shape index (κ2) is 6.22. The van der Waals surface area contributed by atoms with Crippen molar-refractivity contribution in [1.82, 2.24) is 0 Å². The van der Waals surface area contributed by atoms with Gasteiger partial charge in [0.1, 0.15) is 0 Å². The van der Waals surface area contributed by atoms with Gasteiger partial charge in [0.25, 0.3) is 0 Å². The molecule has 2 rings (SSSR count). The molecule has 5 heteroatoms. The van der Waals surface area contributed by atoms with Gasteiger partial charge in [0.2, 0.25) is 0 Å². The monoisotopic (exact) mass is 312 g/mol. The van der Waals surface area contributed by atoms with Gasteiger partial charge in [-0.25, -0.2) is 0 Å². The van der Waals surface area contributed by atoms with Gasteiger partial charge in [0, 0.05) is 0 Å². The summed E-state index contributed by atoms with van der Waals surface area (Å²) in [7, 11) is 2.61. The van der Waals surface area contributed by atoms with E-state index in [4.69, 9.17) is 21.1 Å². The fourth-order valence-electron chi connectivity index (χ4n) is 3.84. The third-order valence-corrected chi connectivity index (χ3v) is 5.21. The lowest BCUT2D eigenvalue weighted by atomic mass is 9.73. The van der Waals surface area contributed by atoms with Gasteiger partial charge in [-0.15, -0.1) is 18.2 Å². The van der Waals surface area contributed by atoms with Crippen LogP contribution in [0.5, 0.6) is 0 Å². The first kappa shape index (κ1) is 16.1. The van der Waals surface area contributed by atoms with Crippen LogP contribution < -0.4 is 0 Å². The predicted molar refractivity (Wildman–Crippen MR) is 79.8 cm³/mol. The van der Waals surface area contributed by atoms with Crippen molar-refractivity contribution < 1.29 is 19.1 Å². The van der Waals surface area contributed by atoms with Crippen LogP contribution in [0.15, 0.2) is 24.8 Å². The molecule has 0 aliphatic heterocycles. The van der Waals surface area contributed by atoms with Crippen LogP contribution >= 0.6 is 11.6 Å². The van der Waals surface area contributed by atoms with Crippen molar-refractivity contribution >= 4 is 23.5 Å². The molecule has 0 bridgehead atoms. The molecule has 4 nitrogen and oxygen atoms in total. The molecule has 21 heavy (non-hydrogen) atoms. The van der Waals surface area contributed by atoms with E-state index in [1.54, 1.807) is 0 Å². The molecule has 2 aliphatic carbocycles. The molecule has 0 saturated heterocycles. The minimum absolute atomic E-state index is 0.0337. The summed E-state index contributed by atoms with van der Waals surface area (Å²) < 4.78 is 9.88. The Kier molecular flexibility index (Phi) is 4.77. The molecular weight excluding hydrogens is 292 g/mol.